The van der Waals surface area contributed by atoms with E-state index >= 15 is 0 Å². The number of nitriles is 1. The highest BCUT2D eigenvalue weighted by molar-refractivity contribution is 5.85. The van der Waals surface area contributed by atoms with Crippen LogP contribution in [-0.4, -0.2) is 41.8 Å². The van der Waals surface area contributed by atoms with E-state index in [4.69, 9.17) is 14.8 Å². The lowest BCUT2D eigenvalue weighted by atomic mass is 9.98. The average Bonchev–Trinajstić information content (AvgIpc) is 3.64. The second kappa shape index (κ2) is 11.0. The summed E-state index contributed by atoms with van der Waals surface area (Å²) in [6, 6.07) is 16.9. The quantitative estimate of drug-likeness (QED) is 0.333. The van der Waals surface area contributed by atoms with Crippen molar-refractivity contribution in [3.8, 4) is 17.2 Å². The topological polar surface area (TPSA) is 138 Å². The van der Waals surface area contributed by atoms with Gasteiger partial charge >= 0.3 is 12.1 Å². The second-order valence-electron chi connectivity index (χ2n) is 8.75. The number of fused-ring (bicyclic) bond motifs is 3. The number of hydrogen-bond donors (Lipinski definition) is 3. The van der Waals surface area contributed by atoms with Crippen LogP contribution < -0.4 is 10.8 Å². The van der Waals surface area contributed by atoms with Gasteiger partial charge in [-0.3, -0.25) is 9.63 Å². The first kappa shape index (κ1) is 24.2. The van der Waals surface area contributed by atoms with Crippen molar-refractivity contribution in [2.45, 2.75) is 50.2 Å². The molecule has 1 fully saturated rings. The largest absolute Gasteiger partial charge is 0.479 e. The van der Waals surface area contributed by atoms with E-state index in [-0.39, 0.29) is 31.3 Å². The zero-order valence-electron chi connectivity index (χ0n) is 19.1. The van der Waals surface area contributed by atoms with Crippen LogP contribution in [0, 0.1) is 17.2 Å². The number of carboxylic acids is 1. The minimum absolute atomic E-state index is 0.0890. The Bertz CT molecular complexity index is 1090. The number of rotatable bonds is 11. The van der Waals surface area contributed by atoms with Gasteiger partial charge in [0.1, 0.15) is 12.6 Å². The van der Waals surface area contributed by atoms with Crippen LogP contribution in [0.15, 0.2) is 48.5 Å². The third kappa shape index (κ3) is 5.78. The highest BCUT2D eigenvalue weighted by atomic mass is 16.7. The molecule has 3 N–H and O–H groups in total. The first-order valence-corrected chi connectivity index (χ1v) is 11.7. The summed E-state index contributed by atoms with van der Waals surface area (Å²) in [6.07, 6.45) is 0.273. The number of hydroxylamine groups is 1. The van der Waals surface area contributed by atoms with Crippen LogP contribution in [0.1, 0.15) is 49.1 Å². The standard InChI is InChI=1S/C26H27N3O6/c27-14-6-5-11-22(24(30)29-35-23(25(31)32)16-12-13-16)28-26(33)34-15-21-19-9-3-1-7-17(19)18-8-2-4-10-20(18)21/h1-4,7-10,16,21-23H,5-6,11-13,15H2,(H,28,33)(H,29,30)(H,31,32). The molecule has 0 heterocycles. The van der Waals surface area contributed by atoms with Gasteiger partial charge in [-0.2, -0.15) is 5.26 Å². The summed E-state index contributed by atoms with van der Waals surface area (Å²) in [6.45, 7) is 0.0890. The normalized spacial score (nSPS) is 15.7. The summed E-state index contributed by atoms with van der Waals surface area (Å²) >= 11 is 0. The molecule has 4 rings (SSSR count). The van der Waals surface area contributed by atoms with E-state index in [1.807, 2.05) is 54.6 Å². The van der Waals surface area contributed by atoms with Gasteiger partial charge in [0.2, 0.25) is 0 Å². The van der Waals surface area contributed by atoms with Crippen molar-refractivity contribution in [1.82, 2.24) is 10.8 Å². The predicted octanol–water partition coefficient (Wildman–Crippen LogP) is 3.50. The van der Waals surface area contributed by atoms with Crippen molar-refractivity contribution >= 4 is 18.0 Å². The Balaban J connectivity index is 1.37. The Morgan fingerprint density at radius 2 is 1.69 bits per heavy atom. The highest BCUT2D eigenvalue weighted by Gasteiger charge is 2.38. The maximum absolute atomic E-state index is 12.6. The van der Waals surface area contributed by atoms with Gasteiger partial charge < -0.3 is 15.2 Å². The number of carbonyl (C=O) groups excluding carboxylic acids is 2. The number of ether oxygens (including phenoxy) is 1. The third-order valence-corrected chi connectivity index (χ3v) is 6.31. The summed E-state index contributed by atoms with van der Waals surface area (Å²) in [5.74, 6) is -2.11. The highest BCUT2D eigenvalue weighted by Crippen LogP contribution is 2.44. The number of alkyl carbamates (subject to hydrolysis) is 1. The average molecular weight is 478 g/mol. The lowest BCUT2D eigenvalue weighted by molar-refractivity contribution is -0.163. The predicted molar refractivity (Wildman–Crippen MR) is 125 cm³/mol. The number of amides is 2. The molecular formula is C26H27N3O6. The molecule has 2 unspecified atom stereocenters. The Morgan fingerprint density at radius 3 is 2.26 bits per heavy atom. The lowest BCUT2D eigenvalue weighted by Crippen LogP contribution is -2.48. The van der Waals surface area contributed by atoms with Gasteiger partial charge in [0.05, 0.1) is 6.07 Å². The zero-order valence-corrected chi connectivity index (χ0v) is 19.1. The van der Waals surface area contributed by atoms with Crippen molar-refractivity contribution in [2.24, 2.45) is 5.92 Å². The summed E-state index contributed by atoms with van der Waals surface area (Å²) < 4.78 is 5.51. The fourth-order valence-corrected chi connectivity index (χ4v) is 4.38. The molecule has 9 nitrogen and oxygen atoms in total. The molecule has 0 spiro atoms. The number of unbranched alkanes of at least 4 members (excludes halogenated alkanes) is 1. The minimum Gasteiger partial charge on any atom is -0.479 e. The minimum atomic E-state index is -1.15. The van der Waals surface area contributed by atoms with Crippen molar-refractivity contribution in [3.63, 3.8) is 0 Å². The molecule has 2 aliphatic carbocycles. The number of aliphatic carboxylic acids is 1. The number of benzene rings is 2. The molecule has 0 radical (unpaired) electrons. The molecule has 9 heteroatoms. The van der Waals surface area contributed by atoms with Crippen LogP contribution >= 0.6 is 0 Å². The van der Waals surface area contributed by atoms with Crippen molar-refractivity contribution < 1.29 is 29.1 Å². The Morgan fingerprint density at radius 1 is 1.06 bits per heavy atom. The Hall–Kier alpha value is -3.90. The van der Waals surface area contributed by atoms with Crippen LogP contribution in [0.2, 0.25) is 0 Å². The molecule has 0 aliphatic heterocycles. The van der Waals surface area contributed by atoms with Gasteiger partial charge in [0.25, 0.3) is 5.91 Å². The SMILES string of the molecule is N#CCCCC(NC(=O)OCC1c2ccccc2-c2ccccc21)C(=O)NOC(C(=O)O)C1CC1. The summed E-state index contributed by atoms with van der Waals surface area (Å²) in [5.41, 5.74) is 6.51. The van der Waals surface area contributed by atoms with E-state index in [2.05, 4.69) is 10.8 Å². The lowest BCUT2D eigenvalue weighted by Gasteiger charge is -2.20. The maximum atomic E-state index is 12.6. The Kier molecular flexibility index (Phi) is 7.63. The number of carboxylic acid groups (broad SMARTS) is 1. The van der Waals surface area contributed by atoms with E-state index in [0.29, 0.717) is 6.42 Å². The molecule has 0 saturated heterocycles. The molecule has 0 bridgehead atoms. The molecule has 1 saturated carbocycles. The summed E-state index contributed by atoms with van der Waals surface area (Å²) in [5, 5.41) is 20.6. The van der Waals surface area contributed by atoms with Crippen LogP contribution in [0.3, 0.4) is 0 Å². The van der Waals surface area contributed by atoms with Gasteiger partial charge in [-0.15, -0.1) is 0 Å². The molecule has 2 atom stereocenters. The van der Waals surface area contributed by atoms with Crippen molar-refractivity contribution in [3.05, 3.63) is 59.7 Å². The maximum Gasteiger partial charge on any atom is 0.407 e. The Labute approximate surface area is 203 Å². The van der Waals surface area contributed by atoms with E-state index in [1.165, 1.54) is 0 Å². The summed E-state index contributed by atoms with van der Waals surface area (Å²) in [4.78, 5) is 41.7. The van der Waals surface area contributed by atoms with Crippen LogP contribution in [0.5, 0.6) is 0 Å². The molecule has 0 aromatic heterocycles. The fourth-order valence-electron chi connectivity index (χ4n) is 4.38. The van der Waals surface area contributed by atoms with E-state index < -0.39 is 30.1 Å². The summed E-state index contributed by atoms with van der Waals surface area (Å²) in [7, 11) is 0. The van der Waals surface area contributed by atoms with E-state index in [9.17, 15) is 19.5 Å². The molecule has 2 amide bonds. The van der Waals surface area contributed by atoms with Crippen LogP contribution in [-0.2, 0) is 19.2 Å². The molecule has 2 aliphatic rings. The van der Waals surface area contributed by atoms with E-state index in [1.54, 1.807) is 0 Å². The van der Waals surface area contributed by atoms with Crippen LogP contribution in [0.4, 0.5) is 4.79 Å². The molecule has 182 valence electrons. The molecule has 2 aromatic carbocycles. The van der Waals surface area contributed by atoms with Gasteiger partial charge in [-0.05, 0) is 53.9 Å². The second-order valence-corrected chi connectivity index (χ2v) is 8.75. The first-order chi connectivity index (χ1) is 17.0. The van der Waals surface area contributed by atoms with Gasteiger partial charge in [-0.25, -0.2) is 15.1 Å². The number of carbonyl (C=O) groups is 3. The molecule has 35 heavy (non-hydrogen) atoms. The smallest absolute Gasteiger partial charge is 0.407 e. The zero-order chi connectivity index (χ0) is 24.8. The number of nitrogens with one attached hydrogen (secondary N) is 2. The van der Waals surface area contributed by atoms with Gasteiger partial charge in [0, 0.05) is 12.3 Å². The fraction of sp³-hybridized carbons (Fsp3) is 0.385. The molecule has 2 aromatic rings. The number of hydrogen-bond acceptors (Lipinski definition) is 6. The van der Waals surface area contributed by atoms with Gasteiger partial charge in [0.15, 0.2) is 6.10 Å². The monoisotopic (exact) mass is 477 g/mol. The number of nitrogens with zero attached hydrogens (tertiary/aromatic N) is 1. The van der Waals surface area contributed by atoms with Crippen molar-refractivity contribution in [2.75, 3.05) is 6.61 Å². The van der Waals surface area contributed by atoms with Crippen LogP contribution in [0.25, 0.3) is 11.1 Å². The van der Waals surface area contributed by atoms with Crippen molar-refractivity contribution in [1.29, 1.82) is 5.26 Å². The van der Waals surface area contributed by atoms with Gasteiger partial charge in [-0.1, -0.05) is 48.5 Å². The molecular weight excluding hydrogens is 450 g/mol. The first-order valence-electron chi connectivity index (χ1n) is 11.7. The third-order valence-electron chi connectivity index (χ3n) is 6.31. The van der Waals surface area contributed by atoms with E-state index in [0.717, 1.165) is 35.1 Å².